The molecule has 1 N–H and O–H groups in total. The predicted molar refractivity (Wildman–Crippen MR) is 175 cm³/mol. The fourth-order valence-corrected chi connectivity index (χ4v) is 6.87. The minimum Gasteiger partial charge on any atom is -0.368 e. The van der Waals surface area contributed by atoms with Gasteiger partial charge in [-0.2, -0.15) is 0 Å². The average Bonchev–Trinajstić information content (AvgIpc) is 3.01. The van der Waals surface area contributed by atoms with Gasteiger partial charge in [0.15, 0.2) is 0 Å². The maximum Gasteiger partial charge on any atom is 0.145 e. The summed E-state index contributed by atoms with van der Waals surface area (Å²) in [6.07, 6.45) is 9.29. The van der Waals surface area contributed by atoms with Crippen LogP contribution in [0.2, 0.25) is 5.02 Å². The second-order valence-electron chi connectivity index (χ2n) is 12.0. The van der Waals surface area contributed by atoms with E-state index in [1.54, 1.807) is 0 Å². The summed E-state index contributed by atoms with van der Waals surface area (Å²) in [6.45, 7) is 11.2. The Morgan fingerprint density at radius 2 is 1.62 bits per heavy atom. The van der Waals surface area contributed by atoms with E-state index in [4.69, 9.17) is 33.2 Å². The number of piperidine rings is 1. The molecule has 0 spiro atoms. The molecule has 222 valence electrons. The molecule has 6 rings (SSSR count). The summed E-state index contributed by atoms with van der Waals surface area (Å²) >= 11 is 12.7. The van der Waals surface area contributed by atoms with Crippen molar-refractivity contribution in [1.29, 1.82) is 0 Å². The van der Waals surface area contributed by atoms with Gasteiger partial charge in [-0.1, -0.05) is 66.9 Å². The van der Waals surface area contributed by atoms with Crippen molar-refractivity contribution in [2.45, 2.75) is 45.2 Å². The fraction of sp³-hybridized carbons (Fsp3) is 0.471. The summed E-state index contributed by atoms with van der Waals surface area (Å²) < 4.78 is 0. The number of para-hydroxylation sites is 1. The molecule has 2 atom stereocenters. The number of nitrogens with zero attached hydrogens (tertiary/aromatic N) is 5. The van der Waals surface area contributed by atoms with Gasteiger partial charge in [-0.15, -0.1) is 0 Å². The Hall–Kier alpha value is -2.48. The van der Waals surface area contributed by atoms with Crippen LogP contribution in [0.5, 0.6) is 0 Å². The van der Waals surface area contributed by atoms with Crippen LogP contribution in [0.25, 0.3) is 10.9 Å². The highest BCUT2D eigenvalue weighted by molar-refractivity contribution is 6.30. The lowest BCUT2D eigenvalue weighted by Crippen LogP contribution is -2.47. The average molecular weight is 606 g/mol. The number of allylic oxidation sites excluding steroid dienone is 3. The molecule has 2 unspecified atom stereocenters. The van der Waals surface area contributed by atoms with Crippen molar-refractivity contribution in [2.75, 3.05) is 57.7 Å². The molecule has 1 aliphatic carbocycles. The van der Waals surface area contributed by atoms with Gasteiger partial charge in [0, 0.05) is 54.7 Å². The van der Waals surface area contributed by atoms with Gasteiger partial charge in [-0.25, -0.2) is 9.97 Å². The zero-order valence-corrected chi connectivity index (χ0v) is 26.1. The largest absolute Gasteiger partial charge is 0.368 e. The van der Waals surface area contributed by atoms with Gasteiger partial charge in [-0.3, -0.25) is 9.80 Å². The lowest BCUT2D eigenvalue weighted by atomic mass is 9.86. The van der Waals surface area contributed by atoms with E-state index in [-0.39, 0.29) is 6.04 Å². The molecular formula is C34H42Cl2N6. The normalized spacial score (nSPS) is 21.6. The standard InChI is InChI=1S/C34H42Cl2N6/c1-25-23-27(11-14-30(25)36)33(26-9-12-28(35)13-10-26)42-21-19-41(20-22-42)24-32-38-31-8-4-3-7-29(31)34(39-32)37-15-18-40-16-5-2-6-17-40/h3-4,7-14,25,33H,2,5-6,15-24H2,1H3,(H,37,38,39). The summed E-state index contributed by atoms with van der Waals surface area (Å²) in [7, 11) is 0. The molecule has 6 nitrogen and oxygen atoms in total. The molecule has 3 aliphatic rings. The first kappa shape index (κ1) is 29.6. The smallest absolute Gasteiger partial charge is 0.145 e. The summed E-state index contributed by atoms with van der Waals surface area (Å²) in [4.78, 5) is 17.7. The van der Waals surface area contributed by atoms with Gasteiger partial charge < -0.3 is 10.2 Å². The molecule has 2 saturated heterocycles. The van der Waals surface area contributed by atoms with Crippen molar-refractivity contribution in [3.63, 3.8) is 0 Å². The first-order valence-electron chi connectivity index (χ1n) is 15.5. The van der Waals surface area contributed by atoms with E-state index in [1.165, 1.54) is 43.5 Å². The van der Waals surface area contributed by atoms with E-state index in [1.807, 2.05) is 12.1 Å². The molecule has 2 aromatic carbocycles. The molecule has 0 amide bonds. The molecule has 1 aromatic heterocycles. The van der Waals surface area contributed by atoms with Crippen LogP contribution in [0, 0.1) is 5.92 Å². The maximum atomic E-state index is 6.46. The number of nitrogens with one attached hydrogen (secondary N) is 1. The van der Waals surface area contributed by atoms with Gasteiger partial charge >= 0.3 is 0 Å². The monoisotopic (exact) mass is 604 g/mol. The maximum absolute atomic E-state index is 6.46. The van der Waals surface area contributed by atoms with Crippen LogP contribution in [0.15, 0.2) is 71.3 Å². The van der Waals surface area contributed by atoms with Crippen LogP contribution in [-0.4, -0.2) is 77.0 Å². The number of benzene rings is 2. The number of hydrogen-bond acceptors (Lipinski definition) is 6. The van der Waals surface area contributed by atoms with E-state index < -0.39 is 0 Å². The Morgan fingerprint density at radius 3 is 2.38 bits per heavy atom. The first-order valence-corrected chi connectivity index (χ1v) is 16.3. The van der Waals surface area contributed by atoms with E-state index in [0.717, 1.165) is 84.8 Å². The first-order chi connectivity index (χ1) is 20.5. The summed E-state index contributed by atoms with van der Waals surface area (Å²) in [6, 6.07) is 16.9. The Bertz CT molecular complexity index is 1410. The number of halogens is 2. The number of piperazine rings is 1. The number of likely N-dealkylation sites (tertiary alicyclic amines) is 1. The highest BCUT2D eigenvalue weighted by Crippen LogP contribution is 2.38. The van der Waals surface area contributed by atoms with Crippen molar-refractivity contribution in [3.8, 4) is 0 Å². The van der Waals surface area contributed by atoms with Gasteiger partial charge in [-0.05, 0) is 79.7 Å². The van der Waals surface area contributed by atoms with Gasteiger partial charge in [0.05, 0.1) is 18.1 Å². The van der Waals surface area contributed by atoms with Crippen LogP contribution >= 0.6 is 23.2 Å². The van der Waals surface area contributed by atoms with Crippen LogP contribution in [0.4, 0.5) is 5.82 Å². The Balaban J connectivity index is 1.13. The lowest BCUT2D eigenvalue weighted by molar-refractivity contribution is 0.1000. The molecule has 42 heavy (non-hydrogen) atoms. The van der Waals surface area contributed by atoms with Gasteiger partial charge in [0.2, 0.25) is 0 Å². The zero-order chi connectivity index (χ0) is 28.9. The number of aromatic nitrogens is 2. The number of anilines is 1. The summed E-state index contributed by atoms with van der Waals surface area (Å²) in [5.41, 5.74) is 3.71. The number of rotatable bonds is 9. The second kappa shape index (κ2) is 13.9. The highest BCUT2D eigenvalue weighted by atomic mass is 35.5. The third kappa shape index (κ3) is 7.17. The molecule has 3 heterocycles. The molecule has 2 fully saturated rings. The van der Waals surface area contributed by atoms with Crippen molar-refractivity contribution >= 4 is 39.9 Å². The van der Waals surface area contributed by atoms with Gasteiger partial charge in [0.25, 0.3) is 0 Å². The summed E-state index contributed by atoms with van der Waals surface area (Å²) in [5.74, 6) is 2.19. The quantitative estimate of drug-likeness (QED) is 0.280. The topological polar surface area (TPSA) is 47.5 Å². The van der Waals surface area contributed by atoms with Crippen LogP contribution in [0.1, 0.15) is 50.0 Å². The SMILES string of the molecule is CC1CC(C(c2ccc(Cl)cc2)N2CCN(Cc3nc(NCCN4CCCCC4)c4ccccc4n3)CC2)=CC=C1Cl. The molecule has 2 aliphatic heterocycles. The molecule has 0 bridgehead atoms. The molecule has 0 radical (unpaired) electrons. The molecule has 8 heteroatoms. The molecule has 0 saturated carbocycles. The highest BCUT2D eigenvalue weighted by Gasteiger charge is 2.30. The van der Waals surface area contributed by atoms with Crippen molar-refractivity contribution in [3.05, 3.63) is 87.7 Å². The number of fused-ring (bicyclic) bond motifs is 1. The fourth-order valence-electron chi connectivity index (χ4n) is 6.60. The van der Waals surface area contributed by atoms with Crippen molar-refractivity contribution < 1.29 is 0 Å². The second-order valence-corrected chi connectivity index (χ2v) is 12.9. The van der Waals surface area contributed by atoms with E-state index in [2.05, 4.69) is 75.5 Å². The van der Waals surface area contributed by atoms with E-state index in [0.29, 0.717) is 5.92 Å². The molecular weight excluding hydrogens is 563 g/mol. The molecule has 3 aromatic rings. The minimum atomic E-state index is 0.223. The van der Waals surface area contributed by atoms with Crippen LogP contribution in [-0.2, 0) is 6.54 Å². The van der Waals surface area contributed by atoms with E-state index in [9.17, 15) is 0 Å². The predicted octanol–water partition coefficient (Wildman–Crippen LogP) is 7.13. The lowest BCUT2D eigenvalue weighted by Gasteiger charge is -2.41. The minimum absolute atomic E-state index is 0.223. The Morgan fingerprint density at radius 1 is 0.857 bits per heavy atom. The third-order valence-corrected chi connectivity index (χ3v) is 9.71. The van der Waals surface area contributed by atoms with Crippen LogP contribution < -0.4 is 5.32 Å². The van der Waals surface area contributed by atoms with Crippen LogP contribution in [0.3, 0.4) is 0 Å². The Kier molecular flexibility index (Phi) is 9.77. The number of hydrogen-bond donors (Lipinski definition) is 1. The zero-order valence-electron chi connectivity index (χ0n) is 24.6. The van der Waals surface area contributed by atoms with Crippen molar-refractivity contribution in [1.82, 2.24) is 24.7 Å². The van der Waals surface area contributed by atoms with Crippen molar-refractivity contribution in [2.24, 2.45) is 5.92 Å². The third-order valence-electron chi connectivity index (χ3n) is 8.96. The Labute approximate surface area is 260 Å². The van der Waals surface area contributed by atoms with E-state index >= 15 is 0 Å². The summed E-state index contributed by atoms with van der Waals surface area (Å²) in [5, 5.41) is 6.46. The van der Waals surface area contributed by atoms with Gasteiger partial charge in [0.1, 0.15) is 11.6 Å².